The summed E-state index contributed by atoms with van der Waals surface area (Å²) in [7, 11) is 1.63. The average Bonchev–Trinajstić information content (AvgIpc) is 2.86. The van der Waals surface area contributed by atoms with E-state index in [9.17, 15) is 9.90 Å². The molecule has 7 heteroatoms. The second kappa shape index (κ2) is 7.26. The van der Waals surface area contributed by atoms with Gasteiger partial charge in [0.1, 0.15) is 17.9 Å². The highest BCUT2D eigenvalue weighted by Gasteiger charge is 2.23. The third-order valence-electron chi connectivity index (χ3n) is 4.73. The Balaban J connectivity index is 2.03. The van der Waals surface area contributed by atoms with Crippen molar-refractivity contribution in [2.75, 3.05) is 12.4 Å². The van der Waals surface area contributed by atoms with Crippen LogP contribution in [0.1, 0.15) is 43.0 Å². The van der Waals surface area contributed by atoms with E-state index in [-0.39, 0.29) is 5.56 Å². The molecule has 0 unspecified atom stereocenters. The van der Waals surface area contributed by atoms with E-state index in [0.717, 1.165) is 33.5 Å². The van der Waals surface area contributed by atoms with Crippen molar-refractivity contribution in [1.29, 1.82) is 0 Å². The third kappa shape index (κ3) is 3.37. The zero-order chi connectivity index (χ0) is 17.3. The van der Waals surface area contributed by atoms with Gasteiger partial charge >= 0.3 is 5.97 Å². The molecule has 0 aromatic carbocycles. The minimum absolute atomic E-state index is 0.229. The van der Waals surface area contributed by atoms with E-state index in [1.807, 2.05) is 10.6 Å². The maximum Gasteiger partial charge on any atom is 0.339 e. The van der Waals surface area contributed by atoms with Crippen LogP contribution in [0.25, 0.3) is 11.0 Å². The van der Waals surface area contributed by atoms with Gasteiger partial charge in [-0.2, -0.15) is 0 Å². The van der Waals surface area contributed by atoms with Crippen molar-refractivity contribution in [2.45, 2.75) is 45.4 Å². The van der Waals surface area contributed by atoms with Crippen LogP contribution < -0.4 is 5.32 Å². The number of carboxylic acid groups (broad SMARTS) is 1. The molecule has 24 heavy (non-hydrogen) atoms. The molecule has 2 heterocycles. The molecule has 1 fully saturated rings. The van der Waals surface area contributed by atoms with Crippen LogP contribution in [-0.2, 0) is 11.5 Å². The van der Waals surface area contributed by atoms with E-state index in [4.69, 9.17) is 4.74 Å². The van der Waals surface area contributed by atoms with Gasteiger partial charge in [0.25, 0.3) is 0 Å². The number of anilines is 1. The first-order valence-corrected chi connectivity index (χ1v) is 9.25. The summed E-state index contributed by atoms with van der Waals surface area (Å²) in [5.41, 5.74) is 1.66. The Morgan fingerprint density at radius 3 is 2.79 bits per heavy atom. The van der Waals surface area contributed by atoms with Gasteiger partial charge in [0.05, 0.1) is 9.39 Å². The zero-order valence-corrected chi connectivity index (χ0v) is 16.0. The summed E-state index contributed by atoms with van der Waals surface area (Å²) in [6.07, 6.45) is 5.94. The summed E-state index contributed by atoms with van der Waals surface area (Å²) in [6.45, 7) is 2.67. The SMILES string of the molecule is COCn1c(I)cc2c(NC3CCC(C)CC3)c(C(=O)O)cnc21. The molecular formula is C17H22IN3O3. The molecule has 0 amide bonds. The van der Waals surface area contributed by atoms with Crippen LogP contribution in [0.5, 0.6) is 0 Å². The summed E-state index contributed by atoms with van der Waals surface area (Å²) >= 11 is 2.22. The molecule has 0 bridgehead atoms. The summed E-state index contributed by atoms with van der Waals surface area (Å²) < 4.78 is 8.15. The van der Waals surface area contributed by atoms with Crippen molar-refractivity contribution in [3.8, 4) is 0 Å². The van der Waals surface area contributed by atoms with Crippen molar-refractivity contribution < 1.29 is 14.6 Å². The highest BCUT2D eigenvalue weighted by molar-refractivity contribution is 14.1. The van der Waals surface area contributed by atoms with E-state index in [1.54, 1.807) is 7.11 Å². The monoisotopic (exact) mass is 443 g/mol. The number of hydrogen-bond acceptors (Lipinski definition) is 4. The first-order chi connectivity index (χ1) is 11.5. The lowest BCUT2D eigenvalue weighted by Gasteiger charge is -2.28. The van der Waals surface area contributed by atoms with Gasteiger partial charge in [0, 0.05) is 24.7 Å². The van der Waals surface area contributed by atoms with Crippen LogP contribution in [0.15, 0.2) is 12.3 Å². The Morgan fingerprint density at radius 2 is 2.17 bits per heavy atom. The summed E-state index contributed by atoms with van der Waals surface area (Å²) in [5, 5.41) is 13.9. The number of carboxylic acids is 1. The number of carbonyl (C=O) groups is 1. The number of nitrogens with one attached hydrogen (secondary N) is 1. The van der Waals surface area contributed by atoms with Gasteiger partial charge in [-0.05, 0) is 60.3 Å². The Bertz CT molecular complexity index is 751. The number of halogens is 1. The van der Waals surface area contributed by atoms with Crippen molar-refractivity contribution in [1.82, 2.24) is 9.55 Å². The third-order valence-corrected chi connectivity index (χ3v) is 5.62. The minimum Gasteiger partial charge on any atom is -0.478 e. The molecule has 130 valence electrons. The van der Waals surface area contributed by atoms with E-state index in [2.05, 4.69) is 39.8 Å². The molecule has 0 atom stereocenters. The Labute approximate surface area is 154 Å². The number of pyridine rings is 1. The first kappa shape index (κ1) is 17.5. The second-order valence-electron chi connectivity index (χ2n) is 6.50. The average molecular weight is 443 g/mol. The van der Waals surface area contributed by atoms with Crippen LogP contribution in [0.3, 0.4) is 0 Å². The topological polar surface area (TPSA) is 76.4 Å². The maximum atomic E-state index is 11.7. The highest BCUT2D eigenvalue weighted by Crippen LogP contribution is 2.33. The lowest BCUT2D eigenvalue weighted by molar-refractivity contribution is 0.0697. The van der Waals surface area contributed by atoms with Gasteiger partial charge < -0.3 is 15.2 Å². The molecule has 2 aromatic rings. The Kier molecular flexibility index (Phi) is 5.29. The van der Waals surface area contributed by atoms with Crippen LogP contribution in [0.4, 0.5) is 5.69 Å². The van der Waals surface area contributed by atoms with Gasteiger partial charge in [-0.1, -0.05) is 6.92 Å². The quantitative estimate of drug-likeness (QED) is 0.685. The van der Waals surface area contributed by atoms with Crippen molar-refractivity contribution in [2.24, 2.45) is 5.92 Å². The molecule has 6 nitrogen and oxygen atoms in total. The fraction of sp³-hybridized carbons (Fsp3) is 0.529. The Morgan fingerprint density at radius 1 is 1.46 bits per heavy atom. The smallest absolute Gasteiger partial charge is 0.339 e. The largest absolute Gasteiger partial charge is 0.478 e. The summed E-state index contributed by atoms with van der Waals surface area (Å²) in [5.74, 6) is -0.200. The van der Waals surface area contributed by atoms with Crippen LogP contribution >= 0.6 is 22.6 Å². The van der Waals surface area contributed by atoms with E-state index in [0.29, 0.717) is 18.5 Å². The van der Waals surface area contributed by atoms with Crippen LogP contribution in [-0.4, -0.2) is 33.8 Å². The number of fused-ring (bicyclic) bond motifs is 1. The van der Waals surface area contributed by atoms with Gasteiger partial charge in [0.15, 0.2) is 0 Å². The molecule has 0 spiro atoms. The molecule has 0 radical (unpaired) electrons. The second-order valence-corrected chi connectivity index (χ2v) is 7.61. The van der Waals surface area contributed by atoms with Crippen molar-refractivity contribution >= 4 is 45.3 Å². The van der Waals surface area contributed by atoms with E-state index >= 15 is 0 Å². The van der Waals surface area contributed by atoms with Crippen molar-refractivity contribution in [3.63, 3.8) is 0 Å². The molecular weight excluding hydrogens is 421 g/mol. The fourth-order valence-corrected chi connectivity index (χ4v) is 4.02. The summed E-state index contributed by atoms with van der Waals surface area (Å²) in [6, 6.07) is 2.29. The van der Waals surface area contributed by atoms with Gasteiger partial charge in [-0.3, -0.25) is 4.57 Å². The highest BCUT2D eigenvalue weighted by atomic mass is 127. The first-order valence-electron chi connectivity index (χ1n) is 8.17. The Hall–Kier alpha value is -1.35. The molecule has 2 N–H and O–H groups in total. The lowest BCUT2D eigenvalue weighted by atomic mass is 9.87. The summed E-state index contributed by atoms with van der Waals surface area (Å²) in [4.78, 5) is 16.0. The predicted molar refractivity (Wildman–Crippen MR) is 101 cm³/mol. The van der Waals surface area contributed by atoms with Gasteiger partial charge in [-0.25, -0.2) is 9.78 Å². The standard InChI is InChI=1S/C17H22IN3O3/c1-10-3-5-11(6-4-10)20-15-12-7-14(18)21(9-24-2)16(12)19-8-13(15)17(22)23/h7-8,10-11H,3-6,9H2,1-2H3,(H,19,20)(H,22,23). The molecule has 1 aliphatic carbocycles. The number of nitrogens with zero attached hydrogens (tertiary/aromatic N) is 2. The van der Waals surface area contributed by atoms with Crippen LogP contribution in [0, 0.1) is 9.62 Å². The number of hydrogen-bond donors (Lipinski definition) is 2. The molecule has 0 saturated heterocycles. The lowest BCUT2D eigenvalue weighted by Crippen LogP contribution is -2.26. The number of ether oxygens (including phenoxy) is 1. The number of aromatic carboxylic acids is 1. The zero-order valence-electron chi connectivity index (χ0n) is 13.9. The molecule has 1 aliphatic rings. The van der Waals surface area contributed by atoms with Crippen LogP contribution in [0.2, 0.25) is 0 Å². The molecule has 2 aromatic heterocycles. The molecule has 3 rings (SSSR count). The predicted octanol–water partition coefficient (Wildman–Crippen LogP) is 3.93. The minimum atomic E-state index is -0.953. The number of rotatable bonds is 5. The fourth-order valence-electron chi connectivity index (χ4n) is 3.34. The maximum absolute atomic E-state index is 11.7. The van der Waals surface area contributed by atoms with Gasteiger partial charge in [0.2, 0.25) is 0 Å². The van der Waals surface area contributed by atoms with E-state index in [1.165, 1.54) is 19.0 Å². The van der Waals surface area contributed by atoms with E-state index < -0.39 is 5.97 Å². The van der Waals surface area contributed by atoms with Crippen molar-refractivity contribution in [3.05, 3.63) is 21.5 Å². The number of aromatic nitrogens is 2. The molecule has 1 saturated carbocycles. The van der Waals surface area contributed by atoms with Gasteiger partial charge in [-0.15, -0.1) is 0 Å². The molecule has 0 aliphatic heterocycles. The number of methoxy groups -OCH3 is 1. The normalized spacial score (nSPS) is 21.1.